The Kier molecular flexibility index (Phi) is 3.63. The average Bonchev–Trinajstić information content (AvgIpc) is 3.20. The second kappa shape index (κ2) is 5.37. The number of carbonyl (C=O) groups excluding carboxylic acids is 1. The van der Waals surface area contributed by atoms with E-state index in [9.17, 15) is 4.79 Å². The van der Waals surface area contributed by atoms with Crippen molar-refractivity contribution < 1.29 is 9.53 Å². The summed E-state index contributed by atoms with van der Waals surface area (Å²) in [5.74, 6) is 0.448. The lowest BCUT2D eigenvalue weighted by atomic mass is 10.1. The molecule has 1 aliphatic rings. The molecule has 1 aromatic rings. The molecule has 0 unspecified atom stereocenters. The molecule has 1 amide bonds. The smallest absolute Gasteiger partial charge is 0.262 e. The van der Waals surface area contributed by atoms with Crippen LogP contribution in [0.5, 0.6) is 5.75 Å². The minimum absolute atomic E-state index is 0.132. The first kappa shape index (κ1) is 12.2. The highest BCUT2D eigenvalue weighted by atomic mass is 16.5. The van der Waals surface area contributed by atoms with Gasteiger partial charge in [-0.15, -0.1) is 0 Å². The molecule has 18 heavy (non-hydrogen) atoms. The molecule has 0 aromatic heterocycles. The molecular weight excluding hydrogens is 228 g/mol. The van der Waals surface area contributed by atoms with E-state index in [0.29, 0.717) is 0 Å². The SMILES string of the molecule is COc1ccc(/C=C(\C#N)C(=O)NC2CC2)cc1. The van der Waals surface area contributed by atoms with Crippen molar-refractivity contribution in [3.8, 4) is 11.8 Å². The Morgan fingerprint density at radius 3 is 2.61 bits per heavy atom. The maximum Gasteiger partial charge on any atom is 0.262 e. The van der Waals surface area contributed by atoms with Crippen molar-refractivity contribution in [3.05, 3.63) is 35.4 Å². The Morgan fingerprint density at radius 2 is 2.11 bits per heavy atom. The van der Waals surface area contributed by atoms with Gasteiger partial charge in [0.1, 0.15) is 17.4 Å². The third-order valence-corrected chi connectivity index (χ3v) is 2.70. The summed E-state index contributed by atoms with van der Waals surface area (Å²) in [7, 11) is 1.59. The molecule has 0 spiro atoms. The molecule has 92 valence electrons. The van der Waals surface area contributed by atoms with Gasteiger partial charge in [-0.2, -0.15) is 5.26 Å². The van der Waals surface area contributed by atoms with Crippen molar-refractivity contribution in [2.45, 2.75) is 18.9 Å². The van der Waals surface area contributed by atoms with Crippen molar-refractivity contribution in [1.82, 2.24) is 5.32 Å². The molecule has 1 fully saturated rings. The fourth-order valence-electron chi connectivity index (χ4n) is 1.51. The molecular formula is C14H14N2O2. The molecule has 1 aliphatic carbocycles. The molecule has 1 saturated carbocycles. The minimum atomic E-state index is -0.296. The highest BCUT2D eigenvalue weighted by Crippen LogP contribution is 2.19. The van der Waals surface area contributed by atoms with E-state index in [1.807, 2.05) is 6.07 Å². The number of carbonyl (C=O) groups is 1. The maximum absolute atomic E-state index is 11.7. The zero-order chi connectivity index (χ0) is 13.0. The molecule has 0 bridgehead atoms. The minimum Gasteiger partial charge on any atom is -0.497 e. The van der Waals surface area contributed by atoms with Crippen molar-refractivity contribution >= 4 is 12.0 Å². The Hall–Kier alpha value is -2.28. The number of methoxy groups -OCH3 is 1. The summed E-state index contributed by atoms with van der Waals surface area (Å²) in [4.78, 5) is 11.7. The van der Waals surface area contributed by atoms with Crippen LogP contribution in [0.25, 0.3) is 6.08 Å². The number of nitrogens with one attached hydrogen (secondary N) is 1. The number of hydrogen-bond acceptors (Lipinski definition) is 3. The molecule has 4 heteroatoms. The second-order valence-corrected chi connectivity index (χ2v) is 4.19. The quantitative estimate of drug-likeness (QED) is 0.647. The van der Waals surface area contributed by atoms with Crippen LogP contribution in [0.4, 0.5) is 0 Å². The number of hydrogen-bond donors (Lipinski definition) is 1. The van der Waals surface area contributed by atoms with Crippen LogP contribution in [0.1, 0.15) is 18.4 Å². The van der Waals surface area contributed by atoms with Crippen LogP contribution >= 0.6 is 0 Å². The van der Waals surface area contributed by atoms with Crippen LogP contribution in [0.2, 0.25) is 0 Å². The summed E-state index contributed by atoms with van der Waals surface area (Å²) >= 11 is 0. The van der Waals surface area contributed by atoms with Gasteiger partial charge in [0.25, 0.3) is 5.91 Å². The first-order chi connectivity index (χ1) is 8.72. The van der Waals surface area contributed by atoms with E-state index in [1.54, 1.807) is 37.5 Å². The Bertz CT molecular complexity index is 508. The Morgan fingerprint density at radius 1 is 1.44 bits per heavy atom. The summed E-state index contributed by atoms with van der Waals surface area (Å²) in [6.45, 7) is 0. The van der Waals surface area contributed by atoms with Gasteiger partial charge < -0.3 is 10.1 Å². The van der Waals surface area contributed by atoms with Crippen LogP contribution in [0.3, 0.4) is 0 Å². The molecule has 0 radical (unpaired) electrons. The highest BCUT2D eigenvalue weighted by Gasteiger charge is 2.24. The summed E-state index contributed by atoms with van der Waals surface area (Å²) in [5, 5.41) is 11.8. The van der Waals surface area contributed by atoms with Gasteiger partial charge in [-0.3, -0.25) is 4.79 Å². The molecule has 0 atom stereocenters. The third kappa shape index (κ3) is 3.11. The molecule has 0 heterocycles. The van der Waals surface area contributed by atoms with Gasteiger partial charge in [0.2, 0.25) is 0 Å². The van der Waals surface area contributed by atoms with Crippen LogP contribution < -0.4 is 10.1 Å². The zero-order valence-electron chi connectivity index (χ0n) is 10.1. The Balaban J connectivity index is 2.11. The number of nitrogens with zero attached hydrogens (tertiary/aromatic N) is 1. The summed E-state index contributed by atoms with van der Waals surface area (Å²) < 4.78 is 5.04. The maximum atomic E-state index is 11.7. The number of ether oxygens (including phenoxy) is 1. The van der Waals surface area contributed by atoms with Gasteiger partial charge in [0.05, 0.1) is 7.11 Å². The standard InChI is InChI=1S/C14H14N2O2/c1-18-13-6-2-10(3-7-13)8-11(9-15)14(17)16-12-4-5-12/h2-3,6-8,12H,4-5H2,1H3,(H,16,17)/b11-8+. The summed E-state index contributed by atoms with van der Waals surface area (Å²) in [5.41, 5.74) is 0.936. The van der Waals surface area contributed by atoms with E-state index in [4.69, 9.17) is 10.00 Å². The van der Waals surface area contributed by atoms with Gasteiger partial charge in [0.15, 0.2) is 0 Å². The van der Waals surface area contributed by atoms with Crippen molar-refractivity contribution in [2.24, 2.45) is 0 Å². The van der Waals surface area contributed by atoms with E-state index in [2.05, 4.69) is 5.32 Å². The fraction of sp³-hybridized carbons (Fsp3) is 0.286. The van der Waals surface area contributed by atoms with Gasteiger partial charge in [-0.1, -0.05) is 12.1 Å². The molecule has 1 N–H and O–H groups in total. The highest BCUT2D eigenvalue weighted by molar-refractivity contribution is 6.01. The monoisotopic (exact) mass is 242 g/mol. The van der Waals surface area contributed by atoms with E-state index in [-0.39, 0.29) is 17.5 Å². The van der Waals surface area contributed by atoms with Crippen LogP contribution in [-0.2, 0) is 4.79 Å². The average molecular weight is 242 g/mol. The van der Waals surface area contributed by atoms with Gasteiger partial charge >= 0.3 is 0 Å². The molecule has 2 rings (SSSR count). The molecule has 0 aliphatic heterocycles. The van der Waals surface area contributed by atoms with Crippen molar-refractivity contribution in [1.29, 1.82) is 5.26 Å². The predicted octanol–water partition coefficient (Wildman–Crippen LogP) is 1.88. The van der Waals surface area contributed by atoms with Gasteiger partial charge in [-0.05, 0) is 36.6 Å². The first-order valence-electron chi connectivity index (χ1n) is 5.79. The summed E-state index contributed by atoms with van der Waals surface area (Å²) in [6.07, 6.45) is 3.59. The van der Waals surface area contributed by atoms with Crippen molar-refractivity contribution in [2.75, 3.05) is 7.11 Å². The predicted molar refractivity (Wildman–Crippen MR) is 67.7 cm³/mol. The largest absolute Gasteiger partial charge is 0.497 e. The number of nitriles is 1. The van der Waals surface area contributed by atoms with E-state index >= 15 is 0 Å². The van der Waals surface area contributed by atoms with E-state index < -0.39 is 0 Å². The molecule has 1 aromatic carbocycles. The summed E-state index contributed by atoms with van der Waals surface area (Å²) in [6, 6.07) is 9.38. The Labute approximate surface area is 106 Å². The van der Waals surface area contributed by atoms with Crippen LogP contribution in [-0.4, -0.2) is 19.1 Å². The van der Waals surface area contributed by atoms with Crippen LogP contribution in [0.15, 0.2) is 29.8 Å². The normalized spacial score (nSPS) is 14.8. The van der Waals surface area contributed by atoms with E-state index in [0.717, 1.165) is 24.2 Å². The fourth-order valence-corrected chi connectivity index (χ4v) is 1.51. The number of benzene rings is 1. The topological polar surface area (TPSA) is 62.1 Å². The number of rotatable bonds is 4. The van der Waals surface area contributed by atoms with Gasteiger partial charge in [-0.25, -0.2) is 0 Å². The third-order valence-electron chi connectivity index (χ3n) is 2.70. The first-order valence-corrected chi connectivity index (χ1v) is 5.79. The van der Waals surface area contributed by atoms with Crippen molar-refractivity contribution in [3.63, 3.8) is 0 Å². The van der Waals surface area contributed by atoms with E-state index in [1.165, 1.54) is 0 Å². The lowest BCUT2D eigenvalue weighted by Crippen LogP contribution is -2.26. The lowest BCUT2D eigenvalue weighted by Gasteiger charge is -2.02. The molecule has 4 nitrogen and oxygen atoms in total. The van der Waals surface area contributed by atoms with Crippen LogP contribution in [0, 0.1) is 11.3 Å². The van der Waals surface area contributed by atoms with Gasteiger partial charge in [0, 0.05) is 6.04 Å². The zero-order valence-corrected chi connectivity index (χ0v) is 10.1. The lowest BCUT2D eigenvalue weighted by molar-refractivity contribution is -0.117. The second-order valence-electron chi connectivity index (χ2n) is 4.19. The number of amides is 1. The molecule has 0 saturated heterocycles.